The van der Waals surface area contributed by atoms with E-state index in [-0.39, 0.29) is 11.8 Å². The molecule has 0 N–H and O–H groups in total. The number of alkyl halides is 3. The summed E-state index contributed by atoms with van der Waals surface area (Å²) in [6.07, 6.45) is -3.35. The fourth-order valence-corrected chi connectivity index (χ4v) is 5.65. The van der Waals surface area contributed by atoms with Crippen molar-refractivity contribution >= 4 is 6.29 Å². The molecule has 0 amide bonds. The summed E-state index contributed by atoms with van der Waals surface area (Å²) in [5.74, 6) is -5.57. The Hall–Kier alpha value is -0.740. The number of hydrogen-bond donors (Lipinski definition) is 0. The quantitative estimate of drug-likeness (QED) is 0.540. The zero-order chi connectivity index (χ0) is 19.7. The van der Waals surface area contributed by atoms with Crippen molar-refractivity contribution in [2.24, 2.45) is 23.7 Å². The van der Waals surface area contributed by atoms with Crippen molar-refractivity contribution < 1.29 is 42.0 Å². The van der Waals surface area contributed by atoms with Crippen LogP contribution in [-0.4, -0.2) is 42.5 Å². The molecule has 0 radical (unpaired) electrons. The predicted molar refractivity (Wildman–Crippen MR) is 83.8 cm³/mol. The number of ether oxygens (including phenoxy) is 3. The van der Waals surface area contributed by atoms with E-state index in [2.05, 4.69) is 6.92 Å². The molecule has 9 heteroatoms. The smallest absolute Gasteiger partial charge is 0.335 e. The lowest BCUT2D eigenvalue weighted by Crippen LogP contribution is -2.76. The van der Waals surface area contributed by atoms with Crippen LogP contribution in [0.3, 0.4) is 0 Å². The van der Waals surface area contributed by atoms with E-state index in [0.717, 1.165) is 12.8 Å². The van der Waals surface area contributed by atoms with E-state index >= 15 is 0 Å². The number of halogens is 3. The Morgan fingerprint density at radius 1 is 1.11 bits per heavy atom. The first-order valence-electron chi connectivity index (χ1n) is 9.46. The fraction of sp³-hybridized carbons (Fsp3) is 0.944. The third-order valence-electron chi connectivity index (χ3n) is 7.02. The van der Waals surface area contributed by atoms with Crippen molar-refractivity contribution in [3.8, 4) is 0 Å². The van der Waals surface area contributed by atoms with Gasteiger partial charge in [0.1, 0.15) is 12.9 Å². The maximum absolute atomic E-state index is 14.2. The molecule has 8 atom stereocenters. The Bertz CT molecular complexity index is 614. The van der Waals surface area contributed by atoms with Crippen LogP contribution < -0.4 is 0 Å². The lowest BCUT2D eigenvalue weighted by atomic mass is 9.57. The van der Waals surface area contributed by atoms with Gasteiger partial charge in [-0.25, -0.2) is 9.78 Å². The first-order chi connectivity index (χ1) is 12.6. The summed E-state index contributed by atoms with van der Waals surface area (Å²) in [7, 11) is 0. The number of aldehydes is 1. The van der Waals surface area contributed by atoms with E-state index in [9.17, 15) is 18.0 Å². The summed E-state index contributed by atoms with van der Waals surface area (Å²) in [6.45, 7) is 4.45. The van der Waals surface area contributed by atoms with Crippen LogP contribution in [0.25, 0.3) is 0 Å². The SMILES string of the molecule is C[C@@H]1CCC2[C@@H](C)[C@](OCC=O)(C(F)(F)F)O[C@@H]3O[C@]4(C)CC[C@@H]1[C@@]23OO4. The normalized spacial score (nSPS) is 52.1. The van der Waals surface area contributed by atoms with Crippen molar-refractivity contribution in [1.82, 2.24) is 0 Å². The zero-order valence-corrected chi connectivity index (χ0v) is 15.6. The van der Waals surface area contributed by atoms with Gasteiger partial charge in [-0.15, -0.1) is 0 Å². The third-order valence-corrected chi connectivity index (χ3v) is 7.02. The maximum atomic E-state index is 14.2. The minimum atomic E-state index is -4.84. The van der Waals surface area contributed by atoms with Gasteiger partial charge in [0, 0.05) is 18.3 Å². The molecule has 27 heavy (non-hydrogen) atoms. The lowest BCUT2D eigenvalue weighted by Gasteiger charge is -2.62. The molecule has 1 unspecified atom stereocenters. The van der Waals surface area contributed by atoms with Crippen molar-refractivity contribution in [1.29, 1.82) is 0 Å². The maximum Gasteiger partial charge on any atom is 0.443 e. The topological polar surface area (TPSA) is 63.2 Å². The van der Waals surface area contributed by atoms with Crippen LogP contribution in [0.15, 0.2) is 0 Å². The van der Waals surface area contributed by atoms with Crippen LogP contribution >= 0.6 is 0 Å². The average molecular weight is 394 g/mol. The Kier molecular flexibility index (Phi) is 4.44. The summed E-state index contributed by atoms with van der Waals surface area (Å²) < 4.78 is 59.1. The molecule has 1 saturated carbocycles. The Balaban J connectivity index is 1.83. The molecule has 4 aliphatic heterocycles. The molecule has 0 aromatic carbocycles. The molecule has 5 rings (SSSR count). The number of rotatable bonds is 3. The van der Waals surface area contributed by atoms with Crippen molar-refractivity contribution in [3.63, 3.8) is 0 Å². The Labute approximate surface area is 155 Å². The van der Waals surface area contributed by atoms with Crippen molar-refractivity contribution in [3.05, 3.63) is 0 Å². The lowest BCUT2D eigenvalue weighted by molar-refractivity contribution is -0.598. The molecular formula is C18H25F3O6. The number of carbonyl (C=O) groups excluding carboxylic acids is 1. The van der Waals surface area contributed by atoms with Crippen LogP contribution in [-0.2, 0) is 28.8 Å². The van der Waals surface area contributed by atoms with Crippen LogP contribution in [0, 0.1) is 23.7 Å². The van der Waals surface area contributed by atoms with E-state index < -0.39 is 48.1 Å². The first kappa shape index (κ1) is 19.6. The number of fused-ring (bicyclic) bond motifs is 2. The minimum absolute atomic E-state index is 0.0506. The summed E-state index contributed by atoms with van der Waals surface area (Å²) in [5.41, 5.74) is -1.12. The third kappa shape index (κ3) is 2.55. The molecule has 6 nitrogen and oxygen atoms in total. The highest BCUT2D eigenvalue weighted by Gasteiger charge is 2.77. The highest BCUT2D eigenvalue weighted by atomic mass is 19.4. The van der Waals surface area contributed by atoms with Crippen LogP contribution in [0.5, 0.6) is 0 Å². The van der Waals surface area contributed by atoms with Gasteiger partial charge in [0.25, 0.3) is 5.79 Å². The molecule has 1 spiro atoms. The molecular weight excluding hydrogens is 369 g/mol. The van der Waals surface area contributed by atoms with Gasteiger partial charge >= 0.3 is 6.18 Å². The minimum Gasteiger partial charge on any atom is -0.335 e. The molecule has 154 valence electrons. The van der Waals surface area contributed by atoms with Crippen LogP contribution in [0.1, 0.15) is 46.5 Å². The van der Waals surface area contributed by atoms with Crippen molar-refractivity contribution in [2.75, 3.05) is 6.61 Å². The fourth-order valence-electron chi connectivity index (χ4n) is 5.65. The predicted octanol–water partition coefficient (Wildman–Crippen LogP) is 3.34. The second-order valence-electron chi connectivity index (χ2n) is 8.46. The van der Waals surface area contributed by atoms with Gasteiger partial charge in [-0.2, -0.15) is 13.2 Å². The van der Waals surface area contributed by atoms with Gasteiger partial charge in [-0.1, -0.05) is 13.8 Å². The first-order valence-corrected chi connectivity index (χ1v) is 9.46. The highest BCUT2D eigenvalue weighted by Crippen LogP contribution is 2.64. The van der Waals surface area contributed by atoms with E-state index in [1.54, 1.807) is 6.92 Å². The molecule has 0 aromatic rings. The van der Waals surface area contributed by atoms with Crippen LogP contribution in [0.4, 0.5) is 13.2 Å². The van der Waals surface area contributed by atoms with Gasteiger partial charge in [0.2, 0.25) is 5.79 Å². The average Bonchev–Trinajstić information content (AvgIpc) is 2.82. The largest absolute Gasteiger partial charge is 0.443 e. The molecule has 5 fully saturated rings. The number of carbonyl (C=O) groups is 1. The highest BCUT2D eigenvalue weighted by molar-refractivity contribution is 5.50. The van der Waals surface area contributed by atoms with E-state index in [4.69, 9.17) is 24.0 Å². The standard InChI is InChI=1S/C18H25F3O6/c1-10-4-5-13-11(2)17(18(19,20)21,23-9-8-22)25-14-16(13)12(10)6-7-15(3,24-14)26-27-16/h8,10-14H,4-7,9H2,1-3H3/t10-,11-,12+,13?,14+,15+,16-,17-/m1/s1. The molecule has 1 aliphatic carbocycles. The summed E-state index contributed by atoms with van der Waals surface area (Å²) in [5, 5.41) is 0. The molecule has 2 bridgehead atoms. The molecule has 0 aromatic heterocycles. The van der Waals surface area contributed by atoms with E-state index in [1.807, 2.05) is 0 Å². The second-order valence-corrected chi connectivity index (χ2v) is 8.46. The monoisotopic (exact) mass is 394 g/mol. The molecule has 5 aliphatic rings. The van der Waals surface area contributed by atoms with Crippen molar-refractivity contribution in [2.45, 2.75) is 76.1 Å². The van der Waals surface area contributed by atoms with E-state index in [1.165, 1.54) is 6.92 Å². The molecule has 4 heterocycles. The van der Waals surface area contributed by atoms with Gasteiger partial charge in [0.15, 0.2) is 11.9 Å². The Morgan fingerprint density at radius 2 is 1.85 bits per heavy atom. The van der Waals surface area contributed by atoms with Gasteiger partial charge in [-0.05, 0) is 38.0 Å². The molecule has 4 saturated heterocycles. The zero-order valence-electron chi connectivity index (χ0n) is 15.6. The second kappa shape index (κ2) is 6.13. The summed E-state index contributed by atoms with van der Waals surface area (Å²) >= 11 is 0. The van der Waals surface area contributed by atoms with Gasteiger partial charge in [-0.3, -0.25) is 0 Å². The summed E-state index contributed by atoms with van der Waals surface area (Å²) in [6, 6.07) is 0. The van der Waals surface area contributed by atoms with Crippen LogP contribution in [0.2, 0.25) is 0 Å². The summed E-state index contributed by atoms with van der Waals surface area (Å²) in [4.78, 5) is 22.2. The van der Waals surface area contributed by atoms with E-state index in [0.29, 0.717) is 19.1 Å². The Morgan fingerprint density at radius 3 is 2.52 bits per heavy atom. The van der Waals surface area contributed by atoms with Gasteiger partial charge in [0.05, 0.1) is 0 Å². The van der Waals surface area contributed by atoms with Gasteiger partial charge < -0.3 is 19.0 Å². The number of hydrogen-bond acceptors (Lipinski definition) is 6.